The molecule has 1 N–H and O–H groups in total. The number of aromatic nitrogens is 2. The fourth-order valence-electron chi connectivity index (χ4n) is 2.09. The Morgan fingerprint density at radius 2 is 1.88 bits per heavy atom. The Morgan fingerprint density at radius 1 is 1.24 bits per heavy atom. The van der Waals surface area contributed by atoms with Gasteiger partial charge in [-0.15, -0.1) is 0 Å². The maximum absolute atomic E-state index is 10.1. The summed E-state index contributed by atoms with van der Waals surface area (Å²) in [5.41, 5.74) is 0.988. The number of aliphatic hydroxyl groups excluding tert-OH is 1. The van der Waals surface area contributed by atoms with E-state index in [-0.39, 0.29) is 6.10 Å². The van der Waals surface area contributed by atoms with Gasteiger partial charge in [-0.2, -0.15) is 5.10 Å². The Balaban J connectivity index is 2.52. The van der Waals surface area contributed by atoms with Gasteiger partial charge in [-0.1, -0.05) is 20.8 Å². The minimum absolute atomic E-state index is 0.284. The van der Waals surface area contributed by atoms with E-state index in [1.54, 1.807) is 0 Å². The first-order valence-electron chi connectivity index (χ1n) is 6.62. The molecular weight excluding hydrogens is 212 g/mol. The second-order valence-electron chi connectivity index (χ2n) is 5.76. The average molecular weight is 238 g/mol. The summed E-state index contributed by atoms with van der Waals surface area (Å²) in [6, 6.07) is 2.39. The summed E-state index contributed by atoms with van der Waals surface area (Å²) in [5, 5.41) is 14.6. The van der Waals surface area contributed by atoms with Crippen molar-refractivity contribution in [2.45, 2.75) is 59.6 Å². The molecule has 0 aliphatic carbocycles. The van der Waals surface area contributed by atoms with Crippen LogP contribution in [0.2, 0.25) is 0 Å². The molecule has 1 aromatic rings. The van der Waals surface area contributed by atoms with E-state index in [1.807, 2.05) is 16.9 Å². The van der Waals surface area contributed by atoms with Gasteiger partial charge in [0.15, 0.2) is 0 Å². The molecule has 3 heteroatoms. The summed E-state index contributed by atoms with van der Waals surface area (Å²) in [6.45, 7) is 10.7. The molecule has 0 saturated heterocycles. The van der Waals surface area contributed by atoms with E-state index in [0.29, 0.717) is 24.3 Å². The molecule has 2 atom stereocenters. The zero-order valence-electron chi connectivity index (χ0n) is 11.7. The molecule has 0 spiro atoms. The van der Waals surface area contributed by atoms with Crippen LogP contribution in [0.1, 0.15) is 52.8 Å². The molecule has 3 nitrogen and oxygen atoms in total. The van der Waals surface area contributed by atoms with Gasteiger partial charge < -0.3 is 5.11 Å². The molecule has 0 saturated carbocycles. The molecule has 1 aromatic heterocycles. The van der Waals surface area contributed by atoms with Crippen molar-refractivity contribution < 1.29 is 5.11 Å². The highest BCUT2D eigenvalue weighted by molar-refractivity contribution is 5.01. The standard InChI is InChI=1S/C14H26N2O/c1-10(2)8-12(5)14(17)9-13-6-7-16(15-13)11(3)4/h6-7,10-12,14,17H,8-9H2,1-5H3. The van der Waals surface area contributed by atoms with E-state index >= 15 is 0 Å². The summed E-state index contributed by atoms with van der Waals surface area (Å²) < 4.78 is 1.94. The monoisotopic (exact) mass is 238 g/mol. The molecule has 0 bridgehead atoms. The second kappa shape index (κ2) is 6.20. The molecule has 0 amide bonds. The van der Waals surface area contributed by atoms with Crippen molar-refractivity contribution in [3.63, 3.8) is 0 Å². The topological polar surface area (TPSA) is 38.0 Å². The van der Waals surface area contributed by atoms with Crippen molar-refractivity contribution in [1.29, 1.82) is 0 Å². The van der Waals surface area contributed by atoms with E-state index in [9.17, 15) is 5.11 Å². The lowest BCUT2D eigenvalue weighted by atomic mass is 9.92. The van der Waals surface area contributed by atoms with Crippen LogP contribution in [0.15, 0.2) is 12.3 Å². The molecule has 0 aliphatic heterocycles. The highest BCUT2D eigenvalue weighted by atomic mass is 16.3. The van der Waals surface area contributed by atoms with Gasteiger partial charge in [0.1, 0.15) is 0 Å². The first-order chi connectivity index (χ1) is 7.90. The molecule has 0 aliphatic rings. The largest absolute Gasteiger partial charge is 0.392 e. The van der Waals surface area contributed by atoms with Crippen LogP contribution in [0.4, 0.5) is 0 Å². The third-order valence-electron chi connectivity index (χ3n) is 3.11. The lowest BCUT2D eigenvalue weighted by molar-refractivity contribution is 0.104. The van der Waals surface area contributed by atoms with Gasteiger partial charge >= 0.3 is 0 Å². The summed E-state index contributed by atoms with van der Waals surface area (Å²) in [4.78, 5) is 0. The highest BCUT2D eigenvalue weighted by Crippen LogP contribution is 2.18. The van der Waals surface area contributed by atoms with E-state index in [4.69, 9.17) is 0 Å². The van der Waals surface area contributed by atoms with Crippen molar-refractivity contribution in [2.24, 2.45) is 11.8 Å². The molecule has 98 valence electrons. The smallest absolute Gasteiger partial charge is 0.0650 e. The van der Waals surface area contributed by atoms with E-state index in [1.165, 1.54) is 0 Å². The first-order valence-corrected chi connectivity index (χ1v) is 6.62. The Hall–Kier alpha value is -0.830. The molecule has 1 heterocycles. The third-order valence-corrected chi connectivity index (χ3v) is 3.11. The number of nitrogens with zero attached hydrogens (tertiary/aromatic N) is 2. The lowest BCUT2D eigenvalue weighted by Crippen LogP contribution is -2.22. The molecular formula is C14H26N2O. The Morgan fingerprint density at radius 3 is 2.35 bits per heavy atom. The van der Waals surface area contributed by atoms with Gasteiger partial charge in [0.2, 0.25) is 0 Å². The van der Waals surface area contributed by atoms with Crippen molar-refractivity contribution in [3.05, 3.63) is 18.0 Å². The summed E-state index contributed by atoms with van der Waals surface area (Å²) in [5.74, 6) is 0.965. The Labute approximate surface area is 105 Å². The Kier molecular flexibility index (Phi) is 5.19. The quantitative estimate of drug-likeness (QED) is 0.827. The summed E-state index contributed by atoms with van der Waals surface area (Å²) in [7, 11) is 0. The zero-order chi connectivity index (χ0) is 13.0. The Bertz CT molecular complexity index is 331. The SMILES string of the molecule is CC(C)CC(C)C(O)Cc1ccn(C(C)C)n1. The minimum Gasteiger partial charge on any atom is -0.392 e. The number of aliphatic hydroxyl groups is 1. The van der Waals surface area contributed by atoms with Crippen LogP contribution in [0, 0.1) is 11.8 Å². The molecule has 17 heavy (non-hydrogen) atoms. The molecule has 1 rings (SSSR count). The molecule has 0 fully saturated rings. The number of hydrogen-bond acceptors (Lipinski definition) is 2. The summed E-state index contributed by atoms with van der Waals surface area (Å²) >= 11 is 0. The van der Waals surface area contributed by atoms with E-state index < -0.39 is 0 Å². The third kappa shape index (κ3) is 4.50. The number of hydrogen-bond donors (Lipinski definition) is 1. The highest BCUT2D eigenvalue weighted by Gasteiger charge is 2.17. The average Bonchev–Trinajstić information content (AvgIpc) is 2.65. The van der Waals surface area contributed by atoms with Crippen LogP contribution in [0.5, 0.6) is 0 Å². The van der Waals surface area contributed by atoms with Gasteiger partial charge in [0.05, 0.1) is 11.8 Å². The van der Waals surface area contributed by atoms with Crippen molar-refractivity contribution in [3.8, 4) is 0 Å². The van der Waals surface area contributed by atoms with Gasteiger partial charge in [-0.25, -0.2) is 0 Å². The van der Waals surface area contributed by atoms with Crippen LogP contribution in [-0.2, 0) is 6.42 Å². The molecule has 2 unspecified atom stereocenters. The van der Waals surface area contributed by atoms with Crippen molar-refractivity contribution in [1.82, 2.24) is 9.78 Å². The first kappa shape index (κ1) is 14.2. The fraction of sp³-hybridized carbons (Fsp3) is 0.786. The zero-order valence-corrected chi connectivity index (χ0v) is 11.7. The van der Waals surface area contributed by atoms with Crippen LogP contribution < -0.4 is 0 Å². The van der Waals surface area contributed by atoms with Crippen LogP contribution >= 0.6 is 0 Å². The van der Waals surface area contributed by atoms with Crippen molar-refractivity contribution >= 4 is 0 Å². The van der Waals surface area contributed by atoms with E-state index in [2.05, 4.69) is 39.7 Å². The maximum Gasteiger partial charge on any atom is 0.0650 e. The van der Waals surface area contributed by atoms with E-state index in [0.717, 1.165) is 12.1 Å². The normalized spacial score (nSPS) is 15.5. The predicted molar refractivity (Wildman–Crippen MR) is 70.9 cm³/mol. The predicted octanol–water partition coefficient (Wildman–Crippen LogP) is 3.05. The minimum atomic E-state index is -0.284. The van der Waals surface area contributed by atoms with Gasteiger partial charge in [0, 0.05) is 18.7 Å². The van der Waals surface area contributed by atoms with Gasteiger partial charge in [0.25, 0.3) is 0 Å². The molecule has 0 radical (unpaired) electrons. The van der Waals surface area contributed by atoms with Gasteiger partial charge in [-0.05, 0) is 38.2 Å². The van der Waals surface area contributed by atoms with Crippen molar-refractivity contribution in [2.75, 3.05) is 0 Å². The molecule has 0 aromatic carbocycles. The number of rotatable bonds is 6. The van der Waals surface area contributed by atoms with Crippen LogP contribution in [-0.4, -0.2) is 21.0 Å². The lowest BCUT2D eigenvalue weighted by Gasteiger charge is -2.19. The van der Waals surface area contributed by atoms with Gasteiger partial charge in [-0.3, -0.25) is 4.68 Å². The summed E-state index contributed by atoms with van der Waals surface area (Å²) in [6.07, 6.45) is 3.42. The van der Waals surface area contributed by atoms with Crippen LogP contribution in [0.25, 0.3) is 0 Å². The maximum atomic E-state index is 10.1. The van der Waals surface area contributed by atoms with Crippen LogP contribution in [0.3, 0.4) is 0 Å². The second-order valence-corrected chi connectivity index (χ2v) is 5.76. The fourth-order valence-corrected chi connectivity index (χ4v) is 2.09.